The van der Waals surface area contributed by atoms with E-state index in [1.165, 1.54) is 11.1 Å². The number of benzene rings is 1. The van der Waals surface area contributed by atoms with Gasteiger partial charge in [-0.05, 0) is 35.4 Å². The molecule has 0 spiro atoms. The number of hydrogen-bond donors (Lipinski definition) is 1. The van der Waals surface area contributed by atoms with Crippen LogP contribution in [0.2, 0.25) is 0 Å². The Hall–Kier alpha value is -1.30. The van der Waals surface area contributed by atoms with Crippen LogP contribution in [0.4, 0.5) is 0 Å². The largest absolute Gasteiger partial charge is 0.497 e. The first kappa shape index (κ1) is 16.1. The van der Waals surface area contributed by atoms with Crippen LogP contribution in [0.25, 0.3) is 0 Å². The molecule has 1 aromatic heterocycles. The summed E-state index contributed by atoms with van der Waals surface area (Å²) < 4.78 is 13.6. The predicted octanol–water partition coefficient (Wildman–Crippen LogP) is 3.04. The standard InChI is InChI=1S/C16H21BrN2O2/c1-20-8-6-18-10-13-5-7-19(11-13)12-14-9-15(21-2)3-4-16(14)17/h3-5,7,9,11,18H,6,8,10,12H2,1-2H3. The van der Waals surface area contributed by atoms with Gasteiger partial charge in [-0.15, -0.1) is 0 Å². The average Bonchev–Trinajstić information content (AvgIpc) is 2.93. The summed E-state index contributed by atoms with van der Waals surface area (Å²) in [6.07, 6.45) is 4.25. The summed E-state index contributed by atoms with van der Waals surface area (Å²) in [5.74, 6) is 0.877. The highest BCUT2D eigenvalue weighted by Gasteiger charge is 2.04. The van der Waals surface area contributed by atoms with Gasteiger partial charge in [0, 0.05) is 43.6 Å². The van der Waals surface area contributed by atoms with Crippen molar-refractivity contribution in [3.8, 4) is 5.75 Å². The van der Waals surface area contributed by atoms with Crippen LogP contribution in [0, 0.1) is 0 Å². The molecule has 0 aliphatic heterocycles. The summed E-state index contributed by atoms with van der Waals surface area (Å²) in [6.45, 7) is 3.27. The van der Waals surface area contributed by atoms with E-state index in [-0.39, 0.29) is 0 Å². The van der Waals surface area contributed by atoms with Crippen molar-refractivity contribution < 1.29 is 9.47 Å². The molecule has 2 aromatic rings. The third-order valence-electron chi connectivity index (χ3n) is 3.23. The molecule has 1 N–H and O–H groups in total. The summed E-state index contributed by atoms with van der Waals surface area (Å²) in [4.78, 5) is 0. The number of aromatic nitrogens is 1. The third kappa shape index (κ3) is 4.88. The highest BCUT2D eigenvalue weighted by atomic mass is 79.9. The van der Waals surface area contributed by atoms with E-state index in [0.29, 0.717) is 0 Å². The fourth-order valence-corrected chi connectivity index (χ4v) is 2.47. The quantitative estimate of drug-likeness (QED) is 0.741. The van der Waals surface area contributed by atoms with Crippen LogP contribution < -0.4 is 10.1 Å². The molecular weight excluding hydrogens is 332 g/mol. The van der Waals surface area contributed by atoms with Crippen molar-refractivity contribution in [2.24, 2.45) is 0 Å². The van der Waals surface area contributed by atoms with Gasteiger partial charge in [-0.3, -0.25) is 0 Å². The van der Waals surface area contributed by atoms with Gasteiger partial charge in [0.1, 0.15) is 5.75 Å². The Morgan fingerprint density at radius 3 is 2.86 bits per heavy atom. The second kappa shape index (κ2) is 8.22. The van der Waals surface area contributed by atoms with E-state index in [9.17, 15) is 0 Å². The van der Waals surface area contributed by atoms with Crippen molar-refractivity contribution in [1.82, 2.24) is 9.88 Å². The van der Waals surface area contributed by atoms with Gasteiger partial charge in [0.05, 0.1) is 13.7 Å². The smallest absolute Gasteiger partial charge is 0.119 e. The zero-order chi connectivity index (χ0) is 15.1. The van der Waals surface area contributed by atoms with Crippen LogP contribution >= 0.6 is 15.9 Å². The maximum Gasteiger partial charge on any atom is 0.119 e. The fourth-order valence-electron chi connectivity index (χ4n) is 2.10. The number of rotatable bonds is 8. The minimum absolute atomic E-state index is 0.734. The number of nitrogens with zero attached hydrogens (tertiary/aromatic N) is 1. The Balaban J connectivity index is 1.96. The molecule has 21 heavy (non-hydrogen) atoms. The molecule has 0 bridgehead atoms. The Kier molecular flexibility index (Phi) is 6.29. The zero-order valence-electron chi connectivity index (χ0n) is 12.4. The Morgan fingerprint density at radius 2 is 2.10 bits per heavy atom. The zero-order valence-corrected chi connectivity index (χ0v) is 14.0. The molecule has 0 amide bonds. The van der Waals surface area contributed by atoms with Crippen LogP contribution in [0.3, 0.4) is 0 Å². The molecule has 1 aromatic carbocycles. The highest BCUT2D eigenvalue weighted by molar-refractivity contribution is 9.10. The van der Waals surface area contributed by atoms with E-state index in [2.05, 4.69) is 50.3 Å². The molecule has 114 valence electrons. The SMILES string of the molecule is COCCNCc1ccn(Cc2cc(OC)ccc2Br)c1. The van der Waals surface area contributed by atoms with Crippen LogP contribution in [-0.2, 0) is 17.8 Å². The van der Waals surface area contributed by atoms with E-state index in [1.54, 1.807) is 14.2 Å². The fraction of sp³-hybridized carbons (Fsp3) is 0.375. The van der Waals surface area contributed by atoms with Crippen LogP contribution in [0.1, 0.15) is 11.1 Å². The topological polar surface area (TPSA) is 35.4 Å². The molecule has 5 heteroatoms. The van der Waals surface area contributed by atoms with Gasteiger partial charge in [0.15, 0.2) is 0 Å². The third-order valence-corrected chi connectivity index (χ3v) is 4.00. The first-order chi connectivity index (χ1) is 10.2. The number of hydrogen-bond acceptors (Lipinski definition) is 3. The van der Waals surface area contributed by atoms with Gasteiger partial charge in [-0.1, -0.05) is 15.9 Å². The van der Waals surface area contributed by atoms with Crippen molar-refractivity contribution in [3.05, 3.63) is 52.3 Å². The lowest BCUT2D eigenvalue weighted by atomic mass is 10.2. The summed E-state index contributed by atoms with van der Waals surface area (Å²) in [5.41, 5.74) is 2.47. The first-order valence-corrected chi connectivity index (χ1v) is 7.69. The molecular formula is C16H21BrN2O2. The second-order valence-electron chi connectivity index (χ2n) is 4.82. The number of ether oxygens (including phenoxy) is 2. The van der Waals surface area contributed by atoms with E-state index in [0.717, 1.165) is 36.5 Å². The molecule has 0 aliphatic rings. The van der Waals surface area contributed by atoms with E-state index < -0.39 is 0 Å². The number of nitrogens with one attached hydrogen (secondary N) is 1. The van der Waals surface area contributed by atoms with Gasteiger partial charge in [0.2, 0.25) is 0 Å². The lowest BCUT2D eigenvalue weighted by Crippen LogP contribution is -2.18. The van der Waals surface area contributed by atoms with E-state index in [1.807, 2.05) is 12.1 Å². The van der Waals surface area contributed by atoms with Crippen molar-refractivity contribution in [2.45, 2.75) is 13.1 Å². The second-order valence-corrected chi connectivity index (χ2v) is 5.67. The van der Waals surface area contributed by atoms with Gasteiger partial charge in [-0.2, -0.15) is 0 Å². The first-order valence-electron chi connectivity index (χ1n) is 6.89. The summed E-state index contributed by atoms with van der Waals surface area (Å²) in [7, 11) is 3.40. The van der Waals surface area contributed by atoms with Crippen molar-refractivity contribution in [3.63, 3.8) is 0 Å². The van der Waals surface area contributed by atoms with Gasteiger partial charge >= 0.3 is 0 Å². The van der Waals surface area contributed by atoms with Crippen molar-refractivity contribution in [1.29, 1.82) is 0 Å². The van der Waals surface area contributed by atoms with E-state index >= 15 is 0 Å². The molecule has 0 radical (unpaired) electrons. The maximum absolute atomic E-state index is 5.28. The molecule has 0 unspecified atom stereocenters. The number of methoxy groups -OCH3 is 2. The van der Waals surface area contributed by atoms with Gasteiger partial charge < -0.3 is 19.4 Å². The minimum Gasteiger partial charge on any atom is -0.497 e. The Bertz CT molecular complexity index is 569. The van der Waals surface area contributed by atoms with E-state index in [4.69, 9.17) is 9.47 Å². The van der Waals surface area contributed by atoms with Crippen molar-refractivity contribution >= 4 is 15.9 Å². The Labute approximate surface area is 134 Å². The summed E-state index contributed by atoms with van der Waals surface area (Å²) in [6, 6.07) is 8.16. The number of halogens is 1. The summed E-state index contributed by atoms with van der Waals surface area (Å²) in [5, 5.41) is 3.34. The molecule has 0 saturated carbocycles. The molecule has 0 aliphatic carbocycles. The van der Waals surface area contributed by atoms with Gasteiger partial charge in [0.25, 0.3) is 0 Å². The Morgan fingerprint density at radius 1 is 1.24 bits per heavy atom. The summed E-state index contributed by atoms with van der Waals surface area (Å²) >= 11 is 3.59. The molecule has 0 atom stereocenters. The molecule has 1 heterocycles. The molecule has 4 nitrogen and oxygen atoms in total. The molecule has 0 saturated heterocycles. The van der Waals surface area contributed by atoms with Crippen molar-refractivity contribution in [2.75, 3.05) is 27.4 Å². The lowest BCUT2D eigenvalue weighted by Gasteiger charge is -2.08. The maximum atomic E-state index is 5.28. The van der Waals surface area contributed by atoms with Gasteiger partial charge in [-0.25, -0.2) is 0 Å². The van der Waals surface area contributed by atoms with Crippen LogP contribution in [-0.4, -0.2) is 31.9 Å². The molecule has 2 rings (SSSR count). The monoisotopic (exact) mass is 352 g/mol. The van der Waals surface area contributed by atoms with Crippen LogP contribution in [0.15, 0.2) is 41.1 Å². The minimum atomic E-state index is 0.734. The molecule has 0 fully saturated rings. The average molecular weight is 353 g/mol. The predicted molar refractivity (Wildman–Crippen MR) is 87.8 cm³/mol. The normalized spacial score (nSPS) is 10.8. The highest BCUT2D eigenvalue weighted by Crippen LogP contribution is 2.23. The lowest BCUT2D eigenvalue weighted by molar-refractivity contribution is 0.199. The van der Waals surface area contributed by atoms with Crippen LogP contribution in [0.5, 0.6) is 5.75 Å².